The summed E-state index contributed by atoms with van der Waals surface area (Å²) in [5, 5.41) is 3.93. The Hall–Kier alpha value is -0.730. The minimum absolute atomic E-state index is 0.0441. The summed E-state index contributed by atoms with van der Waals surface area (Å²) < 4.78 is 28.7. The maximum Gasteiger partial charge on any atom is 0.246 e. The van der Waals surface area contributed by atoms with Gasteiger partial charge in [0.2, 0.25) is 10.0 Å². The normalized spacial score (nSPS) is 13.7. The molecule has 0 aliphatic rings. The number of nitrogens with two attached hydrogens (primary N) is 1. The highest BCUT2D eigenvalue weighted by Crippen LogP contribution is 2.21. The Morgan fingerprint density at radius 2 is 2.16 bits per heavy atom. The Morgan fingerprint density at radius 3 is 2.63 bits per heavy atom. The number of nitrogens with zero attached hydrogens (tertiary/aromatic N) is 2. The van der Waals surface area contributed by atoms with Crippen molar-refractivity contribution in [3.8, 4) is 0 Å². The lowest BCUT2D eigenvalue weighted by Crippen LogP contribution is -2.33. The number of rotatable bonds is 7. The van der Waals surface area contributed by atoms with Crippen molar-refractivity contribution in [2.24, 2.45) is 7.05 Å². The molecule has 1 unspecified atom stereocenters. The molecule has 1 aromatic rings. The molecule has 1 rings (SSSR count). The number of aromatic nitrogens is 2. The van der Waals surface area contributed by atoms with Crippen molar-refractivity contribution in [3.63, 3.8) is 0 Å². The monoisotopic (exact) mass is 306 g/mol. The molecule has 0 saturated heterocycles. The fraction of sp³-hybridized carbons (Fsp3) is 0.727. The standard InChI is InChI=1S/C11H22N4O2S2/c1-5-18-7-6-8(2)14-19(16,17)10-9(3)15(4)13-11(10)12/h8,14H,5-7H2,1-4H3,(H2,12,13). The summed E-state index contributed by atoms with van der Waals surface area (Å²) in [6.45, 7) is 5.63. The molecule has 0 aromatic carbocycles. The zero-order chi connectivity index (χ0) is 14.6. The van der Waals surface area contributed by atoms with Crippen LogP contribution < -0.4 is 10.5 Å². The molecule has 3 N–H and O–H groups in total. The Bertz CT molecular complexity index is 525. The van der Waals surface area contributed by atoms with Crippen LogP contribution in [0.1, 0.15) is 26.0 Å². The molecule has 6 nitrogen and oxygen atoms in total. The van der Waals surface area contributed by atoms with Gasteiger partial charge in [0, 0.05) is 13.1 Å². The molecule has 0 amide bonds. The van der Waals surface area contributed by atoms with Gasteiger partial charge in [0.1, 0.15) is 4.90 Å². The lowest BCUT2D eigenvalue weighted by molar-refractivity contribution is 0.556. The summed E-state index contributed by atoms with van der Waals surface area (Å²) in [6, 6.07) is -0.122. The van der Waals surface area contributed by atoms with E-state index in [1.165, 1.54) is 4.68 Å². The van der Waals surface area contributed by atoms with Gasteiger partial charge >= 0.3 is 0 Å². The van der Waals surface area contributed by atoms with E-state index in [1.54, 1.807) is 25.7 Å². The molecule has 0 bridgehead atoms. The van der Waals surface area contributed by atoms with Gasteiger partial charge in [-0.2, -0.15) is 16.9 Å². The number of thioether (sulfide) groups is 1. The first-order valence-corrected chi connectivity index (χ1v) is 8.82. The van der Waals surface area contributed by atoms with E-state index in [1.807, 2.05) is 6.92 Å². The number of hydrogen-bond donors (Lipinski definition) is 2. The molecule has 1 atom stereocenters. The van der Waals surface area contributed by atoms with Crippen molar-refractivity contribution in [2.45, 2.75) is 38.1 Å². The molecule has 0 radical (unpaired) electrons. The van der Waals surface area contributed by atoms with Crippen LogP contribution in [-0.4, -0.2) is 35.7 Å². The third-order valence-corrected chi connectivity index (χ3v) is 5.52. The highest BCUT2D eigenvalue weighted by Gasteiger charge is 2.25. The largest absolute Gasteiger partial charge is 0.381 e. The van der Waals surface area contributed by atoms with Crippen LogP contribution in [0.15, 0.2) is 4.90 Å². The van der Waals surface area contributed by atoms with Gasteiger partial charge in [-0.1, -0.05) is 6.92 Å². The topological polar surface area (TPSA) is 90.0 Å². The van der Waals surface area contributed by atoms with Crippen LogP contribution in [0.25, 0.3) is 0 Å². The maximum atomic E-state index is 12.3. The van der Waals surface area contributed by atoms with Gasteiger partial charge in [-0.05, 0) is 31.8 Å². The van der Waals surface area contributed by atoms with Crippen molar-refractivity contribution < 1.29 is 8.42 Å². The van der Waals surface area contributed by atoms with Crippen LogP contribution in [0.2, 0.25) is 0 Å². The number of nitrogen functional groups attached to an aromatic ring is 1. The van der Waals surface area contributed by atoms with Crippen molar-refractivity contribution in [1.29, 1.82) is 0 Å². The molecular weight excluding hydrogens is 284 g/mol. The predicted molar refractivity (Wildman–Crippen MR) is 79.8 cm³/mol. The molecule has 1 heterocycles. The van der Waals surface area contributed by atoms with Crippen LogP contribution in [0.5, 0.6) is 0 Å². The maximum absolute atomic E-state index is 12.3. The van der Waals surface area contributed by atoms with E-state index < -0.39 is 10.0 Å². The summed E-state index contributed by atoms with van der Waals surface area (Å²) in [7, 11) is -1.93. The number of aryl methyl sites for hydroxylation is 1. The van der Waals surface area contributed by atoms with Gasteiger partial charge in [0.25, 0.3) is 0 Å². The molecule has 0 fully saturated rings. The zero-order valence-electron chi connectivity index (χ0n) is 11.8. The summed E-state index contributed by atoms with van der Waals surface area (Å²) in [5.74, 6) is 2.01. The fourth-order valence-corrected chi connectivity index (χ4v) is 4.15. The second-order valence-corrected chi connectivity index (χ2v) is 7.48. The number of sulfonamides is 1. The Morgan fingerprint density at radius 1 is 1.53 bits per heavy atom. The molecule has 19 heavy (non-hydrogen) atoms. The fourth-order valence-electron chi connectivity index (χ4n) is 1.73. The van der Waals surface area contributed by atoms with E-state index in [0.717, 1.165) is 17.9 Å². The lowest BCUT2D eigenvalue weighted by Gasteiger charge is -2.13. The molecule has 8 heteroatoms. The highest BCUT2D eigenvalue weighted by molar-refractivity contribution is 7.99. The van der Waals surface area contributed by atoms with Crippen LogP contribution in [0, 0.1) is 6.92 Å². The third kappa shape index (κ3) is 4.12. The molecular formula is C11H22N4O2S2. The van der Waals surface area contributed by atoms with Crippen molar-refractivity contribution >= 4 is 27.6 Å². The first-order valence-electron chi connectivity index (χ1n) is 6.18. The predicted octanol–water partition coefficient (Wildman–Crippen LogP) is 1.12. The molecule has 110 valence electrons. The van der Waals surface area contributed by atoms with Crippen molar-refractivity contribution in [3.05, 3.63) is 5.69 Å². The smallest absolute Gasteiger partial charge is 0.246 e. The van der Waals surface area contributed by atoms with Crippen LogP contribution >= 0.6 is 11.8 Å². The van der Waals surface area contributed by atoms with E-state index in [0.29, 0.717) is 5.69 Å². The van der Waals surface area contributed by atoms with Crippen LogP contribution in [0.4, 0.5) is 5.82 Å². The summed E-state index contributed by atoms with van der Waals surface area (Å²) in [5.41, 5.74) is 6.21. The van der Waals surface area contributed by atoms with E-state index in [2.05, 4.69) is 16.7 Å². The number of nitrogens with one attached hydrogen (secondary N) is 1. The minimum Gasteiger partial charge on any atom is -0.381 e. The van der Waals surface area contributed by atoms with Gasteiger partial charge in [-0.15, -0.1) is 0 Å². The Kier molecular flexibility index (Phi) is 5.69. The van der Waals surface area contributed by atoms with Gasteiger partial charge in [-0.25, -0.2) is 13.1 Å². The van der Waals surface area contributed by atoms with E-state index in [4.69, 9.17) is 5.73 Å². The van der Waals surface area contributed by atoms with Crippen LogP contribution in [0.3, 0.4) is 0 Å². The van der Waals surface area contributed by atoms with E-state index in [9.17, 15) is 8.42 Å². The average Bonchev–Trinajstić information content (AvgIpc) is 2.52. The molecule has 0 saturated carbocycles. The summed E-state index contributed by atoms with van der Waals surface area (Å²) in [6.07, 6.45) is 0.789. The van der Waals surface area contributed by atoms with Crippen molar-refractivity contribution in [1.82, 2.24) is 14.5 Å². The quantitative estimate of drug-likeness (QED) is 0.737. The third-order valence-electron chi connectivity index (χ3n) is 2.83. The highest BCUT2D eigenvalue weighted by atomic mass is 32.2. The first kappa shape index (κ1) is 16.3. The molecule has 1 aromatic heterocycles. The van der Waals surface area contributed by atoms with Gasteiger partial charge in [-0.3, -0.25) is 4.68 Å². The Labute approximate surface area is 119 Å². The second-order valence-electron chi connectivity index (χ2n) is 4.43. The lowest BCUT2D eigenvalue weighted by atomic mass is 10.3. The molecule has 0 aliphatic carbocycles. The zero-order valence-corrected chi connectivity index (χ0v) is 13.4. The van der Waals surface area contributed by atoms with E-state index >= 15 is 0 Å². The van der Waals surface area contributed by atoms with Gasteiger partial charge in [0.05, 0.1) is 5.69 Å². The Balaban J connectivity index is 2.81. The summed E-state index contributed by atoms with van der Waals surface area (Å²) in [4.78, 5) is 0.0880. The van der Waals surface area contributed by atoms with Crippen molar-refractivity contribution in [2.75, 3.05) is 17.2 Å². The van der Waals surface area contributed by atoms with Gasteiger partial charge < -0.3 is 5.73 Å². The number of anilines is 1. The minimum atomic E-state index is -3.60. The van der Waals surface area contributed by atoms with Crippen LogP contribution in [-0.2, 0) is 17.1 Å². The van der Waals surface area contributed by atoms with E-state index in [-0.39, 0.29) is 16.8 Å². The number of hydrogen-bond acceptors (Lipinski definition) is 5. The molecule has 0 spiro atoms. The summed E-state index contributed by atoms with van der Waals surface area (Å²) >= 11 is 1.79. The SMILES string of the molecule is CCSCCC(C)NS(=O)(=O)c1c(N)nn(C)c1C. The second kappa shape index (κ2) is 6.62. The average molecular weight is 306 g/mol. The molecule has 0 aliphatic heterocycles. The first-order chi connectivity index (χ1) is 8.79. The van der Waals surface area contributed by atoms with Gasteiger partial charge in [0.15, 0.2) is 5.82 Å².